The Morgan fingerprint density at radius 3 is 2.00 bits per heavy atom. The zero-order valence-corrected chi connectivity index (χ0v) is 6.96. The molecular weight excluding hydrogens is 120 g/mol. The monoisotopic (exact) mass is 134 g/mol. The Kier molecular flexibility index (Phi) is 13.4. The summed E-state index contributed by atoms with van der Waals surface area (Å²) in [7, 11) is 1.13. The molecule has 8 heavy (non-hydrogen) atoms. The first-order valence-electron chi connectivity index (χ1n) is 2.63. The zero-order valence-electron chi connectivity index (χ0n) is 5.81. The van der Waals surface area contributed by atoms with Crippen molar-refractivity contribution in [3.63, 3.8) is 0 Å². The van der Waals surface area contributed by atoms with Crippen LogP contribution >= 0.6 is 0 Å². The van der Waals surface area contributed by atoms with E-state index in [2.05, 4.69) is 13.5 Å². The SMILES string of the molecule is C=O.CC[SiH](C)OC. The van der Waals surface area contributed by atoms with Crippen LogP contribution in [0.15, 0.2) is 0 Å². The van der Waals surface area contributed by atoms with Crippen molar-refractivity contribution >= 4 is 15.8 Å². The fourth-order valence-electron chi connectivity index (χ4n) is 0.167. The van der Waals surface area contributed by atoms with Crippen LogP contribution in [0.25, 0.3) is 0 Å². The highest BCUT2D eigenvalue weighted by Crippen LogP contribution is 1.86. The Labute approximate surface area is 52.6 Å². The smallest absolute Gasteiger partial charge is 0.173 e. The van der Waals surface area contributed by atoms with Gasteiger partial charge in [0.1, 0.15) is 6.79 Å². The van der Waals surface area contributed by atoms with Crippen molar-refractivity contribution in [3.05, 3.63) is 0 Å². The molecule has 0 spiro atoms. The predicted octanol–water partition coefficient (Wildman–Crippen LogP) is 0.821. The van der Waals surface area contributed by atoms with Gasteiger partial charge in [0.25, 0.3) is 0 Å². The Bertz CT molecular complexity index is 37.4. The van der Waals surface area contributed by atoms with Gasteiger partial charge in [-0.1, -0.05) is 6.92 Å². The van der Waals surface area contributed by atoms with Gasteiger partial charge >= 0.3 is 0 Å². The van der Waals surface area contributed by atoms with Gasteiger partial charge in [-0.3, -0.25) is 0 Å². The lowest BCUT2D eigenvalue weighted by molar-refractivity contribution is -0.0979. The maximum absolute atomic E-state index is 8.00. The van der Waals surface area contributed by atoms with E-state index in [1.54, 1.807) is 7.11 Å². The van der Waals surface area contributed by atoms with Gasteiger partial charge in [-0.2, -0.15) is 0 Å². The molecule has 0 aliphatic heterocycles. The van der Waals surface area contributed by atoms with E-state index in [4.69, 9.17) is 9.22 Å². The molecule has 1 unspecified atom stereocenters. The topological polar surface area (TPSA) is 26.3 Å². The molecule has 0 radical (unpaired) electrons. The molecule has 0 N–H and O–H groups in total. The molecule has 0 saturated heterocycles. The van der Waals surface area contributed by atoms with Gasteiger partial charge in [0.15, 0.2) is 9.04 Å². The van der Waals surface area contributed by atoms with E-state index in [1.165, 1.54) is 6.04 Å². The second kappa shape index (κ2) is 9.96. The first kappa shape index (κ1) is 10.8. The van der Waals surface area contributed by atoms with Crippen molar-refractivity contribution < 1.29 is 9.22 Å². The average Bonchev–Trinajstić information content (AvgIpc) is 1.91. The molecule has 0 aromatic carbocycles. The van der Waals surface area contributed by atoms with E-state index in [0.717, 1.165) is 0 Å². The van der Waals surface area contributed by atoms with Crippen LogP contribution in [-0.2, 0) is 9.22 Å². The zero-order chi connectivity index (χ0) is 6.99. The lowest BCUT2D eigenvalue weighted by Crippen LogP contribution is -2.06. The maximum atomic E-state index is 8.00. The van der Waals surface area contributed by atoms with Crippen molar-refractivity contribution in [2.45, 2.75) is 19.5 Å². The second-order valence-corrected chi connectivity index (χ2v) is 4.36. The fourth-order valence-corrected chi connectivity index (χ4v) is 0.500. The summed E-state index contributed by atoms with van der Waals surface area (Å²) in [6, 6.07) is 1.25. The summed E-state index contributed by atoms with van der Waals surface area (Å²) in [5, 5.41) is 0. The van der Waals surface area contributed by atoms with Crippen molar-refractivity contribution in [3.8, 4) is 0 Å². The minimum atomic E-state index is -0.660. The van der Waals surface area contributed by atoms with Gasteiger partial charge in [-0.25, -0.2) is 0 Å². The van der Waals surface area contributed by atoms with E-state index in [9.17, 15) is 0 Å². The number of carbonyl (C=O) groups is 1. The largest absolute Gasteiger partial charge is 0.423 e. The molecule has 0 aliphatic carbocycles. The highest BCUT2D eigenvalue weighted by Gasteiger charge is 1.92. The first-order chi connectivity index (χ1) is 3.81. The first-order valence-corrected chi connectivity index (χ1v) is 5.07. The van der Waals surface area contributed by atoms with Crippen LogP contribution in [0.4, 0.5) is 0 Å². The van der Waals surface area contributed by atoms with Crippen molar-refractivity contribution in [1.29, 1.82) is 0 Å². The number of rotatable bonds is 2. The standard InChI is InChI=1S/C4H12OSi.CH2O/c1-4-6(3)5-2;1-2/h6H,4H2,1-3H3;1H2. The summed E-state index contributed by atoms with van der Waals surface area (Å²) in [6.07, 6.45) is 0. The van der Waals surface area contributed by atoms with E-state index in [1.807, 2.05) is 6.79 Å². The van der Waals surface area contributed by atoms with Crippen LogP contribution in [0, 0.1) is 0 Å². The molecular formula is C5H14O2Si. The molecule has 0 amide bonds. The Balaban J connectivity index is 0. The highest BCUT2D eigenvalue weighted by atomic mass is 28.3. The molecule has 0 aliphatic rings. The maximum Gasteiger partial charge on any atom is 0.173 e. The summed E-state index contributed by atoms with van der Waals surface area (Å²) >= 11 is 0. The Hall–Kier alpha value is -0.153. The van der Waals surface area contributed by atoms with Gasteiger partial charge in [0.05, 0.1) is 0 Å². The van der Waals surface area contributed by atoms with Crippen LogP contribution in [0.3, 0.4) is 0 Å². The van der Waals surface area contributed by atoms with Gasteiger partial charge in [0.2, 0.25) is 0 Å². The summed E-state index contributed by atoms with van der Waals surface area (Å²) in [5.74, 6) is 0. The molecule has 0 bridgehead atoms. The van der Waals surface area contributed by atoms with Crippen LogP contribution in [0.5, 0.6) is 0 Å². The third kappa shape index (κ3) is 9.28. The molecule has 0 fully saturated rings. The van der Waals surface area contributed by atoms with Gasteiger partial charge in [-0.05, 0) is 12.6 Å². The molecule has 1 atom stereocenters. The lowest BCUT2D eigenvalue weighted by atomic mass is 11.0. The summed E-state index contributed by atoms with van der Waals surface area (Å²) in [5.41, 5.74) is 0. The number of hydrogen-bond donors (Lipinski definition) is 0. The van der Waals surface area contributed by atoms with E-state index >= 15 is 0 Å². The predicted molar refractivity (Wildman–Crippen MR) is 37.6 cm³/mol. The van der Waals surface area contributed by atoms with E-state index in [0.29, 0.717) is 0 Å². The molecule has 50 valence electrons. The fraction of sp³-hybridized carbons (Fsp3) is 0.800. The molecule has 0 heterocycles. The van der Waals surface area contributed by atoms with Crippen molar-refractivity contribution in [2.75, 3.05) is 7.11 Å². The lowest BCUT2D eigenvalue weighted by Gasteiger charge is -1.98. The van der Waals surface area contributed by atoms with Crippen LogP contribution < -0.4 is 0 Å². The minimum Gasteiger partial charge on any atom is -0.423 e. The Morgan fingerprint density at radius 1 is 1.62 bits per heavy atom. The highest BCUT2D eigenvalue weighted by molar-refractivity contribution is 6.49. The molecule has 0 saturated carbocycles. The number of hydrogen-bond acceptors (Lipinski definition) is 2. The van der Waals surface area contributed by atoms with E-state index < -0.39 is 9.04 Å². The summed E-state index contributed by atoms with van der Waals surface area (Å²) in [4.78, 5) is 8.00. The van der Waals surface area contributed by atoms with Crippen LogP contribution in [0.1, 0.15) is 6.92 Å². The van der Waals surface area contributed by atoms with Crippen LogP contribution in [0.2, 0.25) is 12.6 Å². The third-order valence-corrected chi connectivity index (χ3v) is 2.93. The molecule has 0 rings (SSSR count). The quantitative estimate of drug-likeness (QED) is 0.523. The molecule has 2 nitrogen and oxygen atoms in total. The average molecular weight is 134 g/mol. The minimum absolute atomic E-state index is 0.660. The molecule has 3 heteroatoms. The Morgan fingerprint density at radius 2 is 2.00 bits per heavy atom. The van der Waals surface area contributed by atoms with Crippen molar-refractivity contribution in [1.82, 2.24) is 0 Å². The van der Waals surface area contributed by atoms with E-state index in [-0.39, 0.29) is 0 Å². The van der Waals surface area contributed by atoms with Crippen LogP contribution in [-0.4, -0.2) is 22.9 Å². The normalized spacial score (nSPS) is 11.4. The third-order valence-electron chi connectivity index (χ3n) is 0.977. The molecule has 0 aromatic rings. The second-order valence-electron chi connectivity index (χ2n) is 1.45. The van der Waals surface area contributed by atoms with Gasteiger partial charge < -0.3 is 9.22 Å². The summed E-state index contributed by atoms with van der Waals surface area (Å²) < 4.78 is 5.04. The summed E-state index contributed by atoms with van der Waals surface area (Å²) in [6.45, 7) is 6.36. The number of carbonyl (C=O) groups excluding carboxylic acids is 1. The van der Waals surface area contributed by atoms with Gasteiger partial charge in [-0.15, -0.1) is 0 Å². The molecule has 0 aromatic heterocycles. The van der Waals surface area contributed by atoms with Crippen molar-refractivity contribution in [2.24, 2.45) is 0 Å². The van der Waals surface area contributed by atoms with Gasteiger partial charge in [0, 0.05) is 7.11 Å².